The molecule has 0 fully saturated rings. The van der Waals surface area contributed by atoms with Crippen LogP contribution in [0.4, 0.5) is 0 Å². The van der Waals surface area contributed by atoms with Crippen molar-refractivity contribution >= 4 is 43.3 Å². The number of thiophene rings is 1. The largest absolute Gasteiger partial charge is 0.480 e. The first-order valence-corrected chi connectivity index (χ1v) is 6.28. The van der Waals surface area contributed by atoms with Crippen molar-refractivity contribution in [3.05, 3.63) is 33.1 Å². The third-order valence-corrected chi connectivity index (χ3v) is 4.03. The highest BCUT2D eigenvalue weighted by Gasteiger charge is 2.21. The molecule has 0 saturated heterocycles. The van der Waals surface area contributed by atoms with E-state index in [0.717, 1.165) is 25.0 Å². The van der Waals surface area contributed by atoms with E-state index >= 15 is 0 Å². The van der Waals surface area contributed by atoms with Gasteiger partial charge >= 0.3 is 5.97 Å². The lowest BCUT2D eigenvalue weighted by atomic mass is 10.0. The van der Waals surface area contributed by atoms with Crippen LogP contribution in [0.1, 0.15) is 16.5 Å². The molecule has 1 atom stereocenters. The first-order chi connectivity index (χ1) is 7.50. The average molecular weight is 300 g/mol. The molecular formula is C11H10BrNO2S. The zero-order valence-electron chi connectivity index (χ0n) is 8.53. The molecule has 84 valence electrons. The summed E-state index contributed by atoms with van der Waals surface area (Å²) < 4.78 is 2.04. The molecule has 0 amide bonds. The lowest BCUT2D eigenvalue weighted by molar-refractivity contribution is -0.138. The van der Waals surface area contributed by atoms with Gasteiger partial charge in [0.1, 0.15) is 6.04 Å². The summed E-state index contributed by atoms with van der Waals surface area (Å²) in [5.41, 5.74) is 6.40. The molecule has 3 N–H and O–H groups in total. The number of aliphatic carboxylic acids is 1. The molecule has 0 aliphatic carbocycles. The van der Waals surface area contributed by atoms with Crippen LogP contribution in [0.3, 0.4) is 0 Å². The Kier molecular flexibility index (Phi) is 3.01. The van der Waals surface area contributed by atoms with Crippen molar-refractivity contribution < 1.29 is 9.90 Å². The molecule has 1 unspecified atom stereocenters. The van der Waals surface area contributed by atoms with Crippen LogP contribution in [0.25, 0.3) is 10.1 Å². The van der Waals surface area contributed by atoms with Gasteiger partial charge in [-0.15, -0.1) is 11.3 Å². The molecule has 1 heterocycles. The predicted molar refractivity (Wildman–Crippen MR) is 68.8 cm³/mol. The van der Waals surface area contributed by atoms with Gasteiger partial charge in [0.25, 0.3) is 0 Å². The van der Waals surface area contributed by atoms with Crippen molar-refractivity contribution in [3.63, 3.8) is 0 Å². The SMILES string of the molecule is Cc1sc2cc(Br)ccc2c1C(N)C(=O)O. The molecule has 0 aliphatic rings. The van der Waals surface area contributed by atoms with Crippen molar-refractivity contribution in [2.45, 2.75) is 13.0 Å². The monoisotopic (exact) mass is 299 g/mol. The van der Waals surface area contributed by atoms with Crippen molar-refractivity contribution in [1.29, 1.82) is 0 Å². The van der Waals surface area contributed by atoms with E-state index in [-0.39, 0.29) is 0 Å². The van der Waals surface area contributed by atoms with E-state index in [4.69, 9.17) is 10.8 Å². The number of carbonyl (C=O) groups is 1. The summed E-state index contributed by atoms with van der Waals surface area (Å²) in [6.45, 7) is 1.90. The molecule has 16 heavy (non-hydrogen) atoms. The van der Waals surface area contributed by atoms with Gasteiger partial charge in [-0.3, -0.25) is 4.79 Å². The fourth-order valence-corrected chi connectivity index (χ4v) is 3.39. The predicted octanol–water partition coefficient (Wildman–Crippen LogP) is 3.06. The number of carboxylic acids is 1. The van der Waals surface area contributed by atoms with Crippen molar-refractivity contribution in [3.8, 4) is 0 Å². The van der Waals surface area contributed by atoms with Gasteiger partial charge in [-0.1, -0.05) is 22.0 Å². The highest BCUT2D eigenvalue weighted by Crippen LogP contribution is 2.35. The zero-order valence-corrected chi connectivity index (χ0v) is 10.9. The van der Waals surface area contributed by atoms with Gasteiger partial charge in [0.2, 0.25) is 0 Å². The van der Waals surface area contributed by atoms with Crippen LogP contribution in [-0.4, -0.2) is 11.1 Å². The smallest absolute Gasteiger partial charge is 0.325 e. The third-order valence-electron chi connectivity index (χ3n) is 2.45. The van der Waals surface area contributed by atoms with Gasteiger partial charge in [-0.05, 0) is 24.4 Å². The van der Waals surface area contributed by atoms with Gasteiger partial charge in [-0.2, -0.15) is 0 Å². The summed E-state index contributed by atoms with van der Waals surface area (Å²) >= 11 is 4.96. The Labute approximate surface area is 105 Å². The summed E-state index contributed by atoms with van der Waals surface area (Å²) in [4.78, 5) is 11.9. The first kappa shape index (κ1) is 11.6. The molecule has 5 heteroatoms. The van der Waals surface area contributed by atoms with E-state index in [0.29, 0.717) is 0 Å². The third kappa shape index (κ3) is 1.86. The summed E-state index contributed by atoms with van der Waals surface area (Å²) in [6.07, 6.45) is 0. The topological polar surface area (TPSA) is 63.3 Å². The Balaban J connectivity index is 2.69. The Morgan fingerprint density at radius 3 is 2.88 bits per heavy atom. The molecule has 0 aliphatic heterocycles. The number of fused-ring (bicyclic) bond motifs is 1. The minimum Gasteiger partial charge on any atom is -0.480 e. The normalized spacial score (nSPS) is 12.9. The van der Waals surface area contributed by atoms with Crippen LogP contribution in [0.2, 0.25) is 0 Å². The highest BCUT2D eigenvalue weighted by molar-refractivity contribution is 9.10. The molecule has 2 aromatic rings. The van der Waals surface area contributed by atoms with Crippen molar-refractivity contribution in [1.82, 2.24) is 0 Å². The maximum Gasteiger partial charge on any atom is 0.325 e. The quantitative estimate of drug-likeness (QED) is 0.896. The molecular weight excluding hydrogens is 290 g/mol. The van der Waals surface area contributed by atoms with E-state index < -0.39 is 12.0 Å². The molecule has 2 rings (SSSR count). The standard InChI is InChI=1S/C11H10BrNO2S/c1-5-9(10(13)11(14)15)7-3-2-6(12)4-8(7)16-5/h2-4,10H,13H2,1H3,(H,14,15). The van der Waals surface area contributed by atoms with Gasteiger partial charge in [0, 0.05) is 19.6 Å². The molecule has 0 saturated carbocycles. The van der Waals surface area contributed by atoms with Crippen LogP contribution >= 0.6 is 27.3 Å². The van der Waals surface area contributed by atoms with E-state index in [1.54, 1.807) is 11.3 Å². The van der Waals surface area contributed by atoms with Crippen molar-refractivity contribution in [2.24, 2.45) is 5.73 Å². The summed E-state index contributed by atoms with van der Waals surface area (Å²) in [5, 5.41) is 9.89. The van der Waals surface area contributed by atoms with Crippen LogP contribution in [0.15, 0.2) is 22.7 Å². The minimum atomic E-state index is -0.995. The van der Waals surface area contributed by atoms with Gasteiger partial charge < -0.3 is 10.8 Å². The second-order valence-electron chi connectivity index (χ2n) is 3.53. The molecule has 1 aromatic carbocycles. The first-order valence-electron chi connectivity index (χ1n) is 4.67. The van der Waals surface area contributed by atoms with Gasteiger partial charge in [-0.25, -0.2) is 0 Å². The number of nitrogens with two attached hydrogens (primary N) is 1. The Morgan fingerprint density at radius 2 is 2.25 bits per heavy atom. The Morgan fingerprint density at radius 1 is 1.56 bits per heavy atom. The summed E-state index contributed by atoms with van der Waals surface area (Å²) in [6, 6.07) is 4.83. The fraction of sp³-hybridized carbons (Fsp3) is 0.182. The maximum absolute atomic E-state index is 10.9. The van der Waals surface area contributed by atoms with E-state index in [1.165, 1.54) is 0 Å². The van der Waals surface area contributed by atoms with Crippen LogP contribution in [0.5, 0.6) is 0 Å². The minimum absolute atomic E-state index is 0.722. The van der Waals surface area contributed by atoms with Crippen LogP contribution in [0, 0.1) is 6.92 Å². The van der Waals surface area contributed by atoms with E-state index in [2.05, 4.69) is 15.9 Å². The van der Waals surface area contributed by atoms with E-state index in [1.807, 2.05) is 25.1 Å². The van der Waals surface area contributed by atoms with Crippen molar-refractivity contribution in [2.75, 3.05) is 0 Å². The lowest BCUT2D eigenvalue weighted by Gasteiger charge is -2.06. The lowest BCUT2D eigenvalue weighted by Crippen LogP contribution is -2.20. The Bertz CT molecular complexity index is 564. The molecule has 0 bridgehead atoms. The van der Waals surface area contributed by atoms with Gasteiger partial charge in [0.15, 0.2) is 0 Å². The number of aryl methyl sites for hydroxylation is 1. The molecule has 1 aromatic heterocycles. The second-order valence-corrected chi connectivity index (χ2v) is 5.70. The van der Waals surface area contributed by atoms with Crippen LogP contribution < -0.4 is 5.73 Å². The molecule has 0 radical (unpaired) electrons. The molecule has 0 spiro atoms. The highest BCUT2D eigenvalue weighted by atomic mass is 79.9. The number of rotatable bonds is 2. The number of carboxylic acid groups (broad SMARTS) is 1. The average Bonchev–Trinajstić information content (AvgIpc) is 2.51. The number of hydrogen-bond acceptors (Lipinski definition) is 3. The van der Waals surface area contributed by atoms with E-state index in [9.17, 15) is 4.79 Å². The van der Waals surface area contributed by atoms with Crippen LogP contribution in [-0.2, 0) is 4.79 Å². The fourth-order valence-electron chi connectivity index (χ4n) is 1.72. The summed E-state index contributed by atoms with van der Waals surface area (Å²) in [7, 11) is 0. The van der Waals surface area contributed by atoms with Gasteiger partial charge in [0.05, 0.1) is 0 Å². The number of halogens is 1. The maximum atomic E-state index is 10.9. The molecule has 3 nitrogen and oxygen atoms in total. The zero-order chi connectivity index (χ0) is 11.9. The number of hydrogen-bond donors (Lipinski definition) is 2. The second kappa shape index (κ2) is 4.16. The number of benzene rings is 1. The summed E-state index contributed by atoms with van der Waals surface area (Å²) in [5.74, 6) is -0.995. The Hall–Kier alpha value is -0.910.